The molecule has 0 aliphatic heterocycles. The van der Waals surface area contributed by atoms with Crippen LogP contribution in [0, 0.1) is 5.92 Å². The molecule has 0 spiro atoms. The molecule has 1 rings (SSSR count). The fourth-order valence-corrected chi connectivity index (χ4v) is 1.88. The number of carbonyl (C=O) groups is 1. The number of allylic oxidation sites excluding steroid dienone is 3. The molecule has 1 aliphatic rings. The minimum Gasteiger partial charge on any atom is -0.459 e. The number of alkyl halides is 1. The van der Waals surface area contributed by atoms with E-state index in [1.165, 1.54) is 0 Å². The molecule has 0 amide bonds. The molecule has 2 unspecified atom stereocenters. The van der Waals surface area contributed by atoms with Crippen molar-refractivity contribution in [3.05, 3.63) is 24.3 Å². The van der Waals surface area contributed by atoms with E-state index >= 15 is 0 Å². The Labute approximate surface area is 99.5 Å². The van der Waals surface area contributed by atoms with Crippen LogP contribution >= 0.6 is 15.9 Å². The van der Waals surface area contributed by atoms with Gasteiger partial charge in [-0.3, -0.25) is 4.79 Å². The lowest BCUT2D eigenvalue weighted by Gasteiger charge is -2.30. The largest absolute Gasteiger partial charge is 0.459 e. The first-order valence-corrected chi connectivity index (χ1v) is 5.79. The molecule has 0 saturated heterocycles. The van der Waals surface area contributed by atoms with E-state index in [0.29, 0.717) is 0 Å². The summed E-state index contributed by atoms with van der Waals surface area (Å²) in [6.45, 7) is 7.58. The topological polar surface area (TPSA) is 26.3 Å². The van der Waals surface area contributed by atoms with Crippen molar-refractivity contribution < 1.29 is 9.53 Å². The molecular formula is C12H17BrO2. The molecule has 84 valence electrons. The van der Waals surface area contributed by atoms with Crippen molar-refractivity contribution in [1.82, 2.24) is 0 Å². The summed E-state index contributed by atoms with van der Waals surface area (Å²) < 4.78 is 5.02. The minimum atomic E-state index is -0.435. The third kappa shape index (κ3) is 3.49. The Bertz CT molecular complexity index is 308. The molecule has 1 aliphatic carbocycles. The highest BCUT2D eigenvalue weighted by molar-refractivity contribution is 9.10. The maximum atomic E-state index is 11.9. The number of carbonyl (C=O) groups excluding carboxylic acids is 1. The van der Waals surface area contributed by atoms with Gasteiger partial charge in [0.2, 0.25) is 0 Å². The van der Waals surface area contributed by atoms with Crippen LogP contribution in [0.3, 0.4) is 0 Å². The number of halogens is 1. The van der Waals surface area contributed by atoms with Gasteiger partial charge in [-0.15, -0.1) is 0 Å². The van der Waals surface area contributed by atoms with Crippen LogP contribution in [0.1, 0.15) is 27.7 Å². The molecule has 0 aromatic heterocycles. The van der Waals surface area contributed by atoms with Crippen molar-refractivity contribution in [1.29, 1.82) is 0 Å². The maximum Gasteiger partial charge on any atom is 0.315 e. The summed E-state index contributed by atoms with van der Waals surface area (Å²) in [6.07, 6.45) is 7.62. The Morgan fingerprint density at radius 3 is 2.47 bits per heavy atom. The second-order valence-electron chi connectivity index (χ2n) is 4.91. The van der Waals surface area contributed by atoms with Gasteiger partial charge in [0.15, 0.2) is 0 Å². The highest BCUT2D eigenvalue weighted by Gasteiger charge is 2.36. The van der Waals surface area contributed by atoms with Crippen LogP contribution in [0.4, 0.5) is 0 Å². The average molecular weight is 273 g/mol. The summed E-state index contributed by atoms with van der Waals surface area (Å²) in [6, 6.07) is 0. The van der Waals surface area contributed by atoms with E-state index in [-0.39, 0.29) is 16.2 Å². The monoisotopic (exact) mass is 272 g/mol. The molecule has 0 heterocycles. The van der Waals surface area contributed by atoms with Crippen LogP contribution in [0.2, 0.25) is 0 Å². The van der Waals surface area contributed by atoms with Gasteiger partial charge in [0.05, 0.1) is 10.2 Å². The van der Waals surface area contributed by atoms with Crippen LogP contribution in [-0.4, -0.2) is 15.9 Å². The first kappa shape index (κ1) is 12.5. The summed E-state index contributed by atoms with van der Waals surface area (Å²) in [5.41, 5.74) is -0.435. The maximum absolute atomic E-state index is 11.9. The van der Waals surface area contributed by atoms with Gasteiger partial charge in [-0.05, 0) is 27.7 Å². The smallest absolute Gasteiger partial charge is 0.315 e. The normalized spacial score (nSPS) is 30.3. The molecule has 0 radical (unpaired) electrons. The van der Waals surface area contributed by atoms with Crippen LogP contribution in [-0.2, 0) is 9.53 Å². The lowest BCUT2D eigenvalue weighted by Crippen LogP contribution is -2.37. The molecule has 0 aromatic rings. The molecule has 2 atom stereocenters. The Kier molecular flexibility index (Phi) is 3.44. The van der Waals surface area contributed by atoms with Gasteiger partial charge < -0.3 is 4.74 Å². The number of hydrogen-bond donors (Lipinski definition) is 0. The predicted molar refractivity (Wildman–Crippen MR) is 64.9 cm³/mol. The zero-order valence-corrected chi connectivity index (χ0v) is 11.2. The van der Waals surface area contributed by atoms with Gasteiger partial charge in [0.25, 0.3) is 0 Å². The number of esters is 1. The van der Waals surface area contributed by atoms with E-state index < -0.39 is 5.60 Å². The number of rotatable bonds is 1. The molecule has 3 heteroatoms. The molecule has 0 N–H and O–H groups in total. The number of ether oxygens (including phenoxy) is 1. The van der Waals surface area contributed by atoms with Crippen LogP contribution in [0.15, 0.2) is 24.3 Å². The average Bonchev–Trinajstić information content (AvgIpc) is 1.99. The Morgan fingerprint density at radius 1 is 1.40 bits per heavy atom. The van der Waals surface area contributed by atoms with Gasteiger partial charge >= 0.3 is 5.97 Å². The summed E-state index contributed by atoms with van der Waals surface area (Å²) >= 11 is 3.53. The molecular weight excluding hydrogens is 256 g/mol. The third-order valence-corrected chi connectivity index (χ3v) is 2.86. The van der Waals surface area contributed by atoms with E-state index in [0.717, 1.165) is 0 Å². The van der Waals surface area contributed by atoms with Crippen molar-refractivity contribution in [2.45, 2.75) is 37.6 Å². The Morgan fingerprint density at radius 2 is 2.00 bits per heavy atom. The van der Waals surface area contributed by atoms with Crippen molar-refractivity contribution in [3.63, 3.8) is 0 Å². The van der Waals surface area contributed by atoms with Crippen LogP contribution in [0.5, 0.6) is 0 Å². The van der Waals surface area contributed by atoms with E-state index in [2.05, 4.69) is 15.9 Å². The van der Waals surface area contributed by atoms with E-state index in [1.807, 2.05) is 52.0 Å². The van der Waals surface area contributed by atoms with Crippen molar-refractivity contribution in [2.75, 3.05) is 0 Å². The highest BCUT2D eigenvalue weighted by atomic mass is 79.9. The molecule has 0 bridgehead atoms. The SMILES string of the molecule is CC(C)(C)OC(=O)C1C=CC=CC1(C)Br. The Balaban J connectivity index is 2.76. The van der Waals surface area contributed by atoms with E-state index in [9.17, 15) is 4.79 Å². The van der Waals surface area contributed by atoms with E-state index in [4.69, 9.17) is 4.74 Å². The van der Waals surface area contributed by atoms with Crippen molar-refractivity contribution in [2.24, 2.45) is 5.92 Å². The van der Waals surface area contributed by atoms with Crippen molar-refractivity contribution >= 4 is 21.9 Å². The zero-order valence-electron chi connectivity index (χ0n) is 9.58. The van der Waals surface area contributed by atoms with E-state index in [1.54, 1.807) is 0 Å². The lowest BCUT2D eigenvalue weighted by atomic mass is 9.90. The summed E-state index contributed by atoms with van der Waals surface area (Å²) in [7, 11) is 0. The molecule has 0 aromatic carbocycles. The standard InChI is InChI=1S/C12H17BrO2/c1-11(2,3)15-10(14)9-7-5-6-8-12(9,4)13/h5-9H,1-4H3. The molecule has 0 fully saturated rings. The van der Waals surface area contributed by atoms with Gasteiger partial charge in [0.1, 0.15) is 5.60 Å². The van der Waals surface area contributed by atoms with Gasteiger partial charge in [-0.25, -0.2) is 0 Å². The molecule has 0 saturated carbocycles. The summed E-state index contributed by atoms with van der Waals surface area (Å²) in [5, 5.41) is 0. The van der Waals surface area contributed by atoms with Crippen molar-refractivity contribution in [3.8, 4) is 0 Å². The van der Waals surface area contributed by atoms with Crippen LogP contribution < -0.4 is 0 Å². The molecule has 15 heavy (non-hydrogen) atoms. The third-order valence-electron chi connectivity index (χ3n) is 2.11. The quantitative estimate of drug-likeness (QED) is 0.541. The zero-order chi connectivity index (χ0) is 11.7. The molecule has 2 nitrogen and oxygen atoms in total. The lowest BCUT2D eigenvalue weighted by molar-refractivity contribution is -0.158. The predicted octanol–water partition coefficient (Wildman–Crippen LogP) is 3.22. The second-order valence-corrected chi connectivity index (χ2v) is 6.62. The van der Waals surface area contributed by atoms with Gasteiger partial charge in [-0.1, -0.05) is 40.2 Å². The first-order chi connectivity index (χ1) is 6.72. The summed E-state index contributed by atoms with van der Waals surface area (Å²) in [5.74, 6) is -0.454. The fraction of sp³-hybridized carbons (Fsp3) is 0.583. The van der Waals surface area contributed by atoms with Gasteiger partial charge in [0, 0.05) is 0 Å². The van der Waals surface area contributed by atoms with Gasteiger partial charge in [-0.2, -0.15) is 0 Å². The highest BCUT2D eigenvalue weighted by Crippen LogP contribution is 2.34. The fourth-order valence-electron chi connectivity index (χ4n) is 1.39. The summed E-state index contributed by atoms with van der Waals surface area (Å²) in [4.78, 5) is 11.9. The minimum absolute atomic E-state index is 0.192. The second kappa shape index (κ2) is 4.12. The first-order valence-electron chi connectivity index (χ1n) is 5.00. The van der Waals surface area contributed by atoms with Crippen LogP contribution in [0.25, 0.3) is 0 Å². The Hall–Kier alpha value is -0.570. The number of hydrogen-bond acceptors (Lipinski definition) is 2.